The zero-order valence-corrected chi connectivity index (χ0v) is 21.7. The van der Waals surface area contributed by atoms with Gasteiger partial charge in [0.1, 0.15) is 12.4 Å². The summed E-state index contributed by atoms with van der Waals surface area (Å²) in [5.41, 5.74) is 3.63. The molecule has 0 saturated carbocycles. The van der Waals surface area contributed by atoms with Crippen molar-refractivity contribution in [3.05, 3.63) is 70.9 Å². The summed E-state index contributed by atoms with van der Waals surface area (Å²) >= 11 is 0.229. The van der Waals surface area contributed by atoms with Gasteiger partial charge >= 0.3 is 6.18 Å². The number of alkyl halides is 3. The zero-order chi connectivity index (χ0) is 27.2. The number of ether oxygens (including phenoxy) is 1. The molecule has 38 heavy (non-hydrogen) atoms. The molecule has 3 aromatic rings. The van der Waals surface area contributed by atoms with E-state index in [0.717, 1.165) is 32.8 Å². The number of hydrogen-bond donors (Lipinski definition) is 1. The number of amides is 1. The van der Waals surface area contributed by atoms with Crippen LogP contribution in [0.1, 0.15) is 36.5 Å². The Morgan fingerprint density at radius 3 is 2.68 bits per heavy atom. The highest BCUT2D eigenvalue weighted by molar-refractivity contribution is 8.27. The van der Waals surface area contributed by atoms with Gasteiger partial charge in [0.05, 0.1) is 12.1 Å². The second-order valence-electron chi connectivity index (χ2n) is 9.26. The molecular weight excluding hydrogens is 515 g/mol. The average Bonchev–Trinajstić information content (AvgIpc) is 3.44. The number of para-hydroxylation sites is 1. The Hall–Kier alpha value is -3.86. The molecule has 3 heterocycles. The van der Waals surface area contributed by atoms with E-state index < -0.39 is 23.0 Å². The van der Waals surface area contributed by atoms with Gasteiger partial charge in [0.25, 0.3) is 5.91 Å². The summed E-state index contributed by atoms with van der Waals surface area (Å²) in [7, 11) is 0. The van der Waals surface area contributed by atoms with Gasteiger partial charge in [-0.3, -0.25) is 10.2 Å². The van der Waals surface area contributed by atoms with Crippen LogP contribution in [0.2, 0.25) is 0 Å². The molecule has 1 amide bonds. The van der Waals surface area contributed by atoms with Gasteiger partial charge in [-0.15, -0.1) is 0 Å². The molecule has 7 nitrogen and oxygen atoms in total. The maximum Gasteiger partial charge on any atom is 0.441 e. The maximum absolute atomic E-state index is 13.1. The first kappa shape index (κ1) is 25.8. The number of rotatable bonds is 6. The number of amidine groups is 2. The van der Waals surface area contributed by atoms with Crippen LogP contribution in [0.25, 0.3) is 17.0 Å². The summed E-state index contributed by atoms with van der Waals surface area (Å²) < 4.78 is 47.5. The van der Waals surface area contributed by atoms with E-state index in [0.29, 0.717) is 24.6 Å². The first-order chi connectivity index (χ1) is 18.0. The van der Waals surface area contributed by atoms with E-state index in [1.54, 1.807) is 0 Å². The van der Waals surface area contributed by atoms with Crippen molar-refractivity contribution in [2.75, 3.05) is 6.61 Å². The fourth-order valence-corrected chi connectivity index (χ4v) is 5.09. The molecule has 2 aliphatic rings. The highest BCUT2D eigenvalue weighted by atomic mass is 32.2. The lowest BCUT2D eigenvalue weighted by atomic mass is 10.0. The van der Waals surface area contributed by atoms with Gasteiger partial charge in [0, 0.05) is 22.7 Å². The van der Waals surface area contributed by atoms with Crippen LogP contribution in [-0.2, 0) is 11.3 Å². The number of fused-ring (bicyclic) bond motifs is 2. The fourth-order valence-electron chi connectivity index (χ4n) is 4.33. The fraction of sp³-hybridized carbons (Fsp3) is 0.259. The highest BCUT2D eigenvalue weighted by Crippen LogP contribution is 2.36. The monoisotopic (exact) mass is 539 g/mol. The second kappa shape index (κ2) is 9.79. The number of carbonyl (C=O) groups excluding carboxylic acids is 1. The predicted molar refractivity (Wildman–Crippen MR) is 144 cm³/mol. The molecule has 1 aromatic heterocycles. The molecule has 0 radical (unpaired) electrons. The van der Waals surface area contributed by atoms with Crippen LogP contribution in [0, 0.1) is 12.3 Å². The van der Waals surface area contributed by atoms with Gasteiger partial charge < -0.3 is 9.30 Å². The number of benzene rings is 2. The van der Waals surface area contributed by atoms with E-state index in [2.05, 4.69) is 36.1 Å². The molecule has 0 unspecified atom stereocenters. The van der Waals surface area contributed by atoms with Gasteiger partial charge in [0.15, 0.2) is 5.84 Å². The lowest BCUT2D eigenvalue weighted by Gasteiger charge is -2.20. The van der Waals surface area contributed by atoms with Crippen LogP contribution in [-0.4, -0.2) is 44.3 Å². The van der Waals surface area contributed by atoms with Gasteiger partial charge in [-0.2, -0.15) is 28.3 Å². The van der Waals surface area contributed by atoms with Crippen LogP contribution < -0.4 is 4.74 Å². The van der Waals surface area contributed by atoms with E-state index in [1.165, 1.54) is 6.08 Å². The Bertz CT molecular complexity index is 1550. The molecule has 196 valence electrons. The second-order valence-corrected chi connectivity index (χ2v) is 10.2. The largest absolute Gasteiger partial charge is 0.491 e. The topological polar surface area (TPSA) is 83.0 Å². The Morgan fingerprint density at radius 2 is 1.95 bits per heavy atom. The number of thioether (sulfide) groups is 1. The first-order valence-corrected chi connectivity index (χ1v) is 12.7. The van der Waals surface area contributed by atoms with Crippen LogP contribution >= 0.6 is 11.8 Å². The quantitative estimate of drug-likeness (QED) is 0.371. The molecule has 2 aliphatic heterocycles. The third-order valence-corrected chi connectivity index (χ3v) is 7.15. The molecular formula is C27H24F3N5O2S. The van der Waals surface area contributed by atoms with Crippen LogP contribution in [0.5, 0.6) is 5.75 Å². The lowest BCUT2D eigenvalue weighted by Crippen LogP contribution is -2.35. The molecule has 0 fully saturated rings. The van der Waals surface area contributed by atoms with Gasteiger partial charge in [-0.25, -0.2) is 0 Å². The van der Waals surface area contributed by atoms with Crippen molar-refractivity contribution in [1.82, 2.24) is 9.58 Å². The summed E-state index contributed by atoms with van der Waals surface area (Å²) in [6.45, 7) is 7.17. The number of halogens is 3. The number of aliphatic imine (C=N–C) groups is 1. The molecule has 11 heteroatoms. The molecule has 0 saturated heterocycles. The minimum atomic E-state index is -4.69. The molecule has 0 bridgehead atoms. The SMILES string of the molecule is Cc1ccc(C(C)C)c(OCCn2cc(C=C3C(=N)N4N=C(C(F)(F)F)SC4=NC3=O)c3ccccc32)c1. The number of nitrogens with one attached hydrogen (secondary N) is 1. The Labute approximate surface area is 221 Å². The van der Waals surface area contributed by atoms with Crippen molar-refractivity contribution in [3.63, 3.8) is 0 Å². The lowest BCUT2D eigenvalue weighted by molar-refractivity contribution is -0.114. The molecule has 0 atom stereocenters. The predicted octanol–water partition coefficient (Wildman–Crippen LogP) is 6.33. The molecule has 0 spiro atoms. The standard InChI is InChI=1S/C27H24F3N5O2S/c1-15(2)18-9-8-16(3)12-22(18)37-11-10-34-14-17(19-6-4-5-7-21(19)34)13-20-23(31)35-26(32-24(20)36)38-25(33-35)27(28,29)30/h4-9,12-15,31H,10-11H2,1-3H3. The van der Waals surface area contributed by atoms with Gasteiger partial charge in [0.2, 0.25) is 10.2 Å². The van der Waals surface area contributed by atoms with Crippen molar-refractivity contribution in [2.45, 2.75) is 39.4 Å². The maximum atomic E-state index is 13.1. The number of aromatic nitrogens is 1. The Morgan fingerprint density at radius 1 is 1.18 bits per heavy atom. The number of nitrogens with zero attached hydrogens (tertiary/aromatic N) is 4. The Balaban J connectivity index is 1.42. The van der Waals surface area contributed by atoms with Crippen molar-refractivity contribution in [3.8, 4) is 5.75 Å². The average molecular weight is 540 g/mol. The van der Waals surface area contributed by atoms with E-state index >= 15 is 0 Å². The highest BCUT2D eigenvalue weighted by Gasteiger charge is 2.46. The normalized spacial score (nSPS) is 16.9. The van der Waals surface area contributed by atoms with E-state index in [1.807, 2.05) is 48.0 Å². The zero-order valence-electron chi connectivity index (χ0n) is 20.8. The van der Waals surface area contributed by atoms with Crippen molar-refractivity contribution < 1.29 is 22.7 Å². The summed E-state index contributed by atoms with van der Waals surface area (Å²) in [5, 5.41) is 12.0. The molecule has 1 N–H and O–H groups in total. The van der Waals surface area contributed by atoms with Crippen molar-refractivity contribution in [1.29, 1.82) is 5.41 Å². The number of aryl methyl sites for hydroxylation is 1. The summed E-state index contributed by atoms with van der Waals surface area (Å²) in [6.07, 6.45) is -1.38. The van der Waals surface area contributed by atoms with E-state index in [4.69, 9.17) is 10.1 Å². The summed E-state index contributed by atoms with van der Waals surface area (Å²) in [6, 6.07) is 13.7. The first-order valence-electron chi connectivity index (χ1n) is 11.9. The third kappa shape index (κ3) is 4.85. The molecule has 5 rings (SSSR count). The Kier molecular flexibility index (Phi) is 6.64. The summed E-state index contributed by atoms with van der Waals surface area (Å²) in [5.74, 6) is -0.0786. The minimum absolute atomic E-state index is 0.137. The minimum Gasteiger partial charge on any atom is -0.491 e. The number of hydrazone groups is 1. The van der Waals surface area contributed by atoms with Crippen LogP contribution in [0.4, 0.5) is 13.2 Å². The number of hydrogen-bond acceptors (Lipinski definition) is 5. The van der Waals surface area contributed by atoms with Gasteiger partial charge in [-0.1, -0.05) is 44.2 Å². The third-order valence-electron chi connectivity index (χ3n) is 6.20. The molecule has 2 aromatic carbocycles. The van der Waals surface area contributed by atoms with Crippen molar-refractivity contribution >= 4 is 50.7 Å². The number of carbonyl (C=O) groups is 1. The summed E-state index contributed by atoms with van der Waals surface area (Å²) in [4.78, 5) is 16.5. The van der Waals surface area contributed by atoms with E-state index in [-0.39, 0.29) is 22.5 Å². The van der Waals surface area contributed by atoms with Crippen molar-refractivity contribution in [2.24, 2.45) is 10.1 Å². The smallest absolute Gasteiger partial charge is 0.441 e. The van der Waals surface area contributed by atoms with Crippen LogP contribution in [0.3, 0.4) is 0 Å². The van der Waals surface area contributed by atoms with Crippen LogP contribution in [0.15, 0.2) is 64.3 Å². The van der Waals surface area contributed by atoms with Gasteiger partial charge in [-0.05, 0) is 53.9 Å². The molecule has 0 aliphatic carbocycles. The van der Waals surface area contributed by atoms with E-state index in [9.17, 15) is 18.0 Å².